The van der Waals surface area contributed by atoms with Crippen molar-refractivity contribution in [3.63, 3.8) is 0 Å². The Balaban J connectivity index is 1.49. The minimum Gasteiger partial charge on any atom is -0.496 e. The van der Waals surface area contributed by atoms with E-state index in [0.29, 0.717) is 72.1 Å². The lowest BCUT2D eigenvalue weighted by Crippen LogP contribution is -2.70. The molecule has 3 aliphatic rings. The van der Waals surface area contributed by atoms with E-state index in [4.69, 9.17) is 28.9 Å². The fraction of sp³-hybridized carbons (Fsp3) is 0.561. The van der Waals surface area contributed by atoms with Gasteiger partial charge in [-0.05, 0) is 110 Å². The molecule has 3 aromatic rings. The molecule has 0 aromatic heterocycles. The van der Waals surface area contributed by atoms with Crippen LogP contribution >= 0.6 is 0 Å². The first-order valence-electron chi connectivity index (χ1n) is 26.2. The number of aldehydes is 1. The highest BCUT2D eigenvalue weighted by Crippen LogP contribution is 2.62. The van der Waals surface area contributed by atoms with Gasteiger partial charge < -0.3 is 38.9 Å². The van der Waals surface area contributed by atoms with Gasteiger partial charge in [-0.2, -0.15) is 0 Å². The Morgan fingerprint density at radius 2 is 1.59 bits per heavy atom. The number of hydrogen-bond acceptors (Lipinski definition) is 12. The summed E-state index contributed by atoms with van der Waals surface area (Å²) in [5, 5.41) is 36.4. The lowest BCUT2D eigenvalue weighted by atomic mass is 9.55. The van der Waals surface area contributed by atoms with Crippen molar-refractivity contribution < 1.29 is 48.5 Å². The number of nitro benzene ring substituents is 1. The molecule has 1 fully saturated rings. The van der Waals surface area contributed by atoms with Crippen molar-refractivity contribution in [1.82, 2.24) is 4.90 Å². The highest BCUT2D eigenvalue weighted by Gasteiger charge is 2.65. The number of carbonyl (C=O) groups excluding carboxylic acids is 2. The van der Waals surface area contributed by atoms with Crippen molar-refractivity contribution in [2.45, 2.75) is 154 Å². The minimum atomic E-state index is -1.40. The summed E-state index contributed by atoms with van der Waals surface area (Å²) in [7, 11) is 1.51. The second kappa shape index (κ2) is 27.9. The lowest BCUT2D eigenvalue weighted by molar-refractivity contribution is -0.384. The van der Waals surface area contributed by atoms with Gasteiger partial charge in [0.2, 0.25) is 11.7 Å². The Bertz CT molecular complexity index is 2260. The second-order valence-electron chi connectivity index (χ2n) is 19.3. The fourth-order valence-electron chi connectivity index (χ4n) is 11.0. The number of oxime groups is 1. The molecule has 71 heavy (non-hydrogen) atoms. The SMILES string of the molecule is C=CCO[C@@]12Oc3ccc(Oc4ccc(OC)c(C=O)c4)cc3[C@H]3[C@H](CCCCO)[C@@H](CCCCO)C=C(C(=NOCc4ccc([N+](=O)[O-])cc4)C[C@@H]1N(CCC)C(=O)CCCCCCCCCCC)[C@H]32. The molecule has 6 atom stereocenters. The largest absolute Gasteiger partial charge is 0.496 e. The first-order valence-corrected chi connectivity index (χ1v) is 26.2. The number of allylic oxidation sites excluding steroid dienone is 1. The topological polar surface area (TPSA) is 179 Å². The molecule has 0 radical (unpaired) electrons. The molecule has 14 heteroatoms. The number of rotatable bonds is 32. The number of amides is 1. The standard InChI is InChI=1S/C57H77N3O11/c1-5-8-9-10-11-12-13-14-15-22-54(64)59(31-6-2)53-38-50(58-69-40-41-23-25-44(26-24-41)60(65)66)48-36-42(20-16-18-32-61)47(21-17-19-33-62)55-49-37-46(70-45-27-29-51(67-4)43(35-45)39-63)28-30-52(49)71-57(53,56(48)55)68-34-7-3/h7,23-30,35-37,39,42,47,53,55-56,61-62H,3,5-6,8-22,31-34,38,40H2,1-2,4H3/t42-,47+,53-,55+,56+,57+/m0/s1. The number of hydrogen-bond donors (Lipinski definition) is 2. The number of ether oxygens (including phenoxy) is 4. The highest BCUT2D eigenvalue weighted by molar-refractivity contribution is 6.03. The van der Waals surface area contributed by atoms with Crippen LogP contribution < -0.4 is 14.2 Å². The number of aliphatic hydroxyl groups excluding tert-OH is 2. The van der Waals surface area contributed by atoms with Gasteiger partial charge in [0.1, 0.15) is 35.6 Å². The maximum atomic E-state index is 14.9. The second-order valence-corrected chi connectivity index (χ2v) is 19.3. The van der Waals surface area contributed by atoms with E-state index >= 15 is 0 Å². The molecule has 0 spiro atoms. The molecular weight excluding hydrogens is 903 g/mol. The number of fused-ring (bicyclic) bond motifs is 2. The summed E-state index contributed by atoms with van der Waals surface area (Å²) < 4.78 is 26.5. The lowest BCUT2D eigenvalue weighted by Gasteiger charge is -2.60. The van der Waals surface area contributed by atoms with Crippen LogP contribution in [0.5, 0.6) is 23.0 Å². The van der Waals surface area contributed by atoms with E-state index in [1.165, 1.54) is 51.3 Å². The van der Waals surface area contributed by atoms with E-state index in [0.717, 1.165) is 68.8 Å². The molecule has 386 valence electrons. The summed E-state index contributed by atoms with van der Waals surface area (Å²) in [6, 6.07) is 16.4. The van der Waals surface area contributed by atoms with E-state index in [9.17, 15) is 29.9 Å². The molecule has 2 aliphatic carbocycles. The van der Waals surface area contributed by atoms with E-state index in [-0.39, 0.29) is 62.2 Å². The number of non-ortho nitro benzene ring substituents is 1. The predicted molar refractivity (Wildman–Crippen MR) is 275 cm³/mol. The van der Waals surface area contributed by atoms with Crippen molar-refractivity contribution in [3.05, 3.63) is 112 Å². The normalized spacial score (nSPS) is 21.6. The van der Waals surface area contributed by atoms with Crippen LogP contribution in [0.3, 0.4) is 0 Å². The van der Waals surface area contributed by atoms with E-state index in [2.05, 4.69) is 26.5 Å². The van der Waals surface area contributed by atoms with Crippen LogP contribution in [0.15, 0.2) is 90.1 Å². The summed E-state index contributed by atoms with van der Waals surface area (Å²) >= 11 is 0. The average Bonchev–Trinajstić information content (AvgIpc) is 3.38. The molecule has 1 heterocycles. The van der Waals surface area contributed by atoms with Gasteiger partial charge in [0.05, 0.1) is 35.8 Å². The first kappa shape index (κ1) is 54.8. The zero-order chi connectivity index (χ0) is 50.6. The molecule has 0 bridgehead atoms. The molecule has 1 aliphatic heterocycles. The Labute approximate surface area is 420 Å². The summed E-state index contributed by atoms with van der Waals surface area (Å²) in [4.78, 5) is 46.1. The fourth-order valence-corrected chi connectivity index (χ4v) is 11.0. The molecule has 2 N–H and O–H groups in total. The smallest absolute Gasteiger partial charge is 0.269 e. The van der Waals surface area contributed by atoms with Crippen LogP contribution in [0, 0.1) is 27.9 Å². The van der Waals surface area contributed by atoms with Gasteiger partial charge in [0.15, 0.2) is 6.29 Å². The van der Waals surface area contributed by atoms with Gasteiger partial charge in [0, 0.05) is 56.2 Å². The highest BCUT2D eigenvalue weighted by atomic mass is 16.7. The predicted octanol–water partition coefficient (Wildman–Crippen LogP) is 12.2. The summed E-state index contributed by atoms with van der Waals surface area (Å²) in [6.45, 7) is 9.17. The van der Waals surface area contributed by atoms with E-state index in [1.54, 1.807) is 36.4 Å². The monoisotopic (exact) mass is 980 g/mol. The van der Waals surface area contributed by atoms with Crippen LogP contribution in [-0.4, -0.2) is 83.2 Å². The van der Waals surface area contributed by atoms with Gasteiger partial charge in [-0.1, -0.05) is 95.4 Å². The van der Waals surface area contributed by atoms with E-state index < -0.39 is 22.7 Å². The van der Waals surface area contributed by atoms with Crippen molar-refractivity contribution in [2.24, 2.45) is 22.9 Å². The molecule has 0 saturated heterocycles. The van der Waals surface area contributed by atoms with Crippen LogP contribution in [-0.2, 0) is 21.0 Å². The van der Waals surface area contributed by atoms with E-state index in [1.807, 2.05) is 23.1 Å². The molecule has 0 unspecified atom stereocenters. The zero-order valence-electron chi connectivity index (χ0n) is 42.3. The van der Waals surface area contributed by atoms with Crippen molar-refractivity contribution in [2.75, 3.05) is 33.5 Å². The van der Waals surface area contributed by atoms with Gasteiger partial charge in [-0.15, -0.1) is 6.58 Å². The third kappa shape index (κ3) is 13.9. The van der Waals surface area contributed by atoms with Gasteiger partial charge in [-0.3, -0.25) is 19.7 Å². The molecular formula is C57H77N3O11. The number of nitro groups is 1. The average molecular weight is 980 g/mol. The number of benzene rings is 3. The third-order valence-electron chi connectivity index (χ3n) is 14.4. The van der Waals surface area contributed by atoms with Crippen molar-refractivity contribution >= 4 is 23.6 Å². The van der Waals surface area contributed by atoms with Gasteiger partial charge in [-0.25, -0.2) is 0 Å². The Kier molecular flexibility index (Phi) is 21.5. The molecule has 1 amide bonds. The van der Waals surface area contributed by atoms with Crippen molar-refractivity contribution in [1.29, 1.82) is 0 Å². The summed E-state index contributed by atoms with van der Waals surface area (Å²) in [5.74, 6) is -0.114. The van der Waals surface area contributed by atoms with Crippen LogP contribution in [0.1, 0.15) is 157 Å². The van der Waals surface area contributed by atoms with Crippen LogP contribution in [0.25, 0.3) is 0 Å². The van der Waals surface area contributed by atoms with Crippen molar-refractivity contribution in [3.8, 4) is 23.0 Å². The zero-order valence-corrected chi connectivity index (χ0v) is 42.3. The number of methoxy groups -OCH3 is 1. The third-order valence-corrected chi connectivity index (χ3v) is 14.4. The first-order chi connectivity index (χ1) is 34.7. The molecule has 6 rings (SSSR count). The molecule has 3 aromatic carbocycles. The Morgan fingerprint density at radius 3 is 2.25 bits per heavy atom. The van der Waals surface area contributed by atoms with Gasteiger partial charge in [0.25, 0.3) is 5.69 Å². The summed E-state index contributed by atoms with van der Waals surface area (Å²) in [5.41, 5.74) is 3.51. The van der Waals surface area contributed by atoms with Crippen LogP contribution in [0.4, 0.5) is 5.69 Å². The molecule has 1 saturated carbocycles. The Hall–Kier alpha value is -5.57. The summed E-state index contributed by atoms with van der Waals surface area (Å²) in [6.07, 6.45) is 20.7. The maximum absolute atomic E-state index is 14.9. The molecule has 14 nitrogen and oxygen atoms in total. The Morgan fingerprint density at radius 1 is 0.901 bits per heavy atom. The maximum Gasteiger partial charge on any atom is 0.269 e. The minimum absolute atomic E-state index is 0.000390. The number of carbonyl (C=O) groups is 2. The number of nitrogens with zero attached hydrogens (tertiary/aromatic N) is 3. The quantitative estimate of drug-likeness (QED) is 0.0200. The number of aliphatic hydroxyl groups is 2. The van der Waals surface area contributed by atoms with Gasteiger partial charge >= 0.3 is 0 Å². The van der Waals surface area contributed by atoms with Crippen LogP contribution in [0.2, 0.25) is 0 Å². The number of unbranched alkanes of at least 4 members (excludes halogenated alkanes) is 10.